The van der Waals surface area contributed by atoms with Gasteiger partial charge in [-0.2, -0.15) is 17.6 Å². The van der Waals surface area contributed by atoms with Crippen LogP contribution in [0.2, 0.25) is 0 Å². The molecule has 0 aromatic carbocycles. The molecule has 0 atom stereocenters. The molecule has 0 spiro atoms. The molecule has 0 aromatic heterocycles. The second kappa shape index (κ2) is 5.98. The Morgan fingerprint density at radius 2 is 0.870 bits per heavy atom. The van der Waals surface area contributed by atoms with Gasteiger partial charge in [0.15, 0.2) is 0 Å². The average molecular weight is 400 g/mol. The van der Waals surface area contributed by atoms with Gasteiger partial charge >= 0.3 is 10.5 Å². The maximum absolute atomic E-state index is 13.1. The van der Waals surface area contributed by atoms with Gasteiger partial charge in [-0.05, 0) is 13.8 Å². The lowest BCUT2D eigenvalue weighted by Gasteiger charge is -2.32. The number of hydrogen-bond donors (Lipinski definition) is 0. The Balaban J connectivity index is 5.61. The van der Waals surface area contributed by atoms with E-state index in [0.717, 1.165) is 0 Å². The van der Waals surface area contributed by atoms with Crippen LogP contribution in [-0.4, -0.2) is 39.2 Å². The van der Waals surface area contributed by atoms with Gasteiger partial charge in [0.25, 0.3) is 11.8 Å². The molecule has 0 heterocycles. The topological polar surface area (TPSA) is 82.4 Å². The largest absolute Gasteiger partial charge is 0.426 e. The summed E-state index contributed by atoms with van der Waals surface area (Å²) in [6.07, 6.45) is -5.48. The fourth-order valence-corrected chi connectivity index (χ4v) is 3.92. The third-order valence-electron chi connectivity index (χ3n) is 1.98. The van der Waals surface area contributed by atoms with Crippen molar-refractivity contribution in [3.8, 4) is 0 Å². The molecule has 0 saturated carbocycles. The van der Waals surface area contributed by atoms with Gasteiger partial charge < -0.3 is 4.13 Å². The van der Waals surface area contributed by atoms with Crippen molar-refractivity contribution in [2.75, 3.05) is 0 Å². The summed E-state index contributed by atoms with van der Waals surface area (Å²) in [6, 6.07) is 0. The first-order chi connectivity index (χ1) is 9.62. The van der Waals surface area contributed by atoms with Crippen LogP contribution in [0, 0.1) is 0 Å². The fourth-order valence-electron chi connectivity index (χ4n) is 1.14. The number of rotatable bonds is 8. The van der Waals surface area contributed by atoms with E-state index in [1.807, 2.05) is 0 Å². The number of sulfonamides is 2. The summed E-state index contributed by atoms with van der Waals surface area (Å²) < 4.78 is 148. The Bertz CT molecular complexity index is 576. The Labute approximate surface area is 126 Å². The van der Waals surface area contributed by atoms with Crippen molar-refractivity contribution in [3.05, 3.63) is 4.13 Å². The van der Waals surface area contributed by atoms with E-state index in [2.05, 4.69) is 0 Å². The van der Waals surface area contributed by atoms with Crippen molar-refractivity contribution in [2.45, 2.75) is 49.0 Å². The van der Waals surface area contributed by atoms with Crippen molar-refractivity contribution < 1.29 is 52.0 Å². The first-order valence-electron chi connectivity index (χ1n) is 5.37. The van der Waals surface area contributed by atoms with Crippen molar-refractivity contribution in [2.24, 2.45) is 0 Å². The minimum Gasteiger partial charge on any atom is -0.426 e. The number of halogens is 8. The summed E-state index contributed by atoms with van der Waals surface area (Å²) in [6.45, 7) is -0.283. The van der Waals surface area contributed by atoms with Crippen LogP contribution in [0.25, 0.3) is 4.13 Å². The van der Waals surface area contributed by atoms with E-state index in [1.165, 1.54) is 4.13 Å². The zero-order chi connectivity index (χ0) is 19.1. The third kappa shape index (κ3) is 6.37. The highest BCUT2D eigenvalue weighted by atomic mass is 32.3. The normalized spacial score (nSPS) is 15.7. The van der Waals surface area contributed by atoms with E-state index in [4.69, 9.17) is 0 Å². The first kappa shape index (κ1) is 22.3. The second-order valence-corrected chi connectivity index (χ2v) is 8.48. The van der Waals surface area contributed by atoms with Gasteiger partial charge in [0.1, 0.15) is 20.0 Å². The minimum absolute atomic E-state index is 0.142. The summed E-state index contributed by atoms with van der Waals surface area (Å²) in [7, 11) is -13.4. The monoisotopic (exact) mass is 400 g/mol. The predicted molar refractivity (Wildman–Crippen MR) is 61.6 cm³/mol. The number of nitrogens with zero attached hydrogens (tertiary/aromatic N) is 1. The quantitative estimate of drug-likeness (QED) is 0.586. The summed E-state index contributed by atoms with van der Waals surface area (Å²) in [4.78, 5) is 0. The summed E-state index contributed by atoms with van der Waals surface area (Å²) in [5, 5.41) is -11.0. The lowest BCUT2D eigenvalue weighted by molar-refractivity contribution is -0.0568. The van der Waals surface area contributed by atoms with Crippen LogP contribution in [0.5, 0.6) is 0 Å². The van der Waals surface area contributed by atoms with E-state index in [0.29, 0.717) is 0 Å². The molecule has 15 heteroatoms. The van der Waals surface area contributed by atoms with Gasteiger partial charge in [-0.25, -0.2) is 34.4 Å². The summed E-state index contributed by atoms with van der Waals surface area (Å²) in [5.74, 6) is -8.62. The molecule has 0 saturated heterocycles. The molecule has 0 aliphatic rings. The first-order valence-corrected chi connectivity index (χ1v) is 8.25. The van der Waals surface area contributed by atoms with Gasteiger partial charge in [0.2, 0.25) is 0 Å². The molecule has 0 aliphatic carbocycles. The molecule has 0 bridgehead atoms. The van der Waals surface area contributed by atoms with Crippen LogP contribution in [0.4, 0.5) is 35.1 Å². The van der Waals surface area contributed by atoms with Gasteiger partial charge in [-0.3, -0.25) is 0 Å². The molecule has 0 radical (unpaired) electrons. The molecule has 0 N–H and O–H groups in total. The molecule has 0 amide bonds. The van der Waals surface area contributed by atoms with Gasteiger partial charge in [0.05, 0.1) is 12.8 Å². The third-order valence-corrected chi connectivity index (χ3v) is 5.35. The molecule has 0 fully saturated rings. The highest BCUT2D eigenvalue weighted by molar-refractivity contribution is 8.13. The van der Waals surface area contributed by atoms with Crippen molar-refractivity contribution in [1.29, 1.82) is 0 Å². The van der Waals surface area contributed by atoms with Crippen LogP contribution in [0.1, 0.15) is 26.7 Å². The van der Waals surface area contributed by atoms with Crippen LogP contribution < -0.4 is 0 Å². The van der Waals surface area contributed by atoms with E-state index < -0.39 is 55.2 Å². The molecular weight excluding hydrogens is 390 g/mol. The van der Waals surface area contributed by atoms with E-state index >= 15 is 0 Å². The summed E-state index contributed by atoms with van der Waals surface area (Å²) in [5.41, 5.74) is 0. The minimum atomic E-state index is -6.69. The lowest BCUT2D eigenvalue weighted by atomic mass is 10.3. The van der Waals surface area contributed by atoms with Gasteiger partial charge in [-0.1, -0.05) is 0 Å². The molecular formula is C8H10F8NO4S2-. The van der Waals surface area contributed by atoms with Crippen molar-refractivity contribution in [3.63, 3.8) is 0 Å². The highest BCUT2D eigenvalue weighted by Gasteiger charge is 2.52. The second-order valence-electron chi connectivity index (χ2n) is 4.79. The zero-order valence-corrected chi connectivity index (χ0v) is 13.0. The molecule has 0 rings (SSSR count). The average Bonchev–Trinajstić information content (AvgIpc) is 2.05. The standard InChI is InChI=1S/C8H10F8NO4S2/c1-5(9,10)3-7(13,14)22(18,19)17-23(20,21)8(15,16)4-6(2,11)12/h3-4H2,1-2H3/q-1. The Hall–Kier alpha value is -0.700. The van der Waals surface area contributed by atoms with E-state index in [1.54, 1.807) is 0 Å². The van der Waals surface area contributed by atoms with Gasteiger partial charge in [0, 0.05) is 0 Å². The van der Waals surface area contributed by atoms with E-state index in [9.17, 15) is 52.0 Å². The highest BCUT2D eigenvalue weighted by Crippen LogP contribution is 2.43. The van der Waals surface area contributed by atoms with Crippen molar-refractivity contribution in [1.82, 2.24) is 0 Å². The van der Waals surface area contributed by atoms with Crippen molar-refractivity contribution >= 4 is 20.0 Å². The van der Waals surface area contributed by atoms with Gasteiger partial charge in [-0.15, -0.1) is 0 Å². The zero-order valence-electron chi connectivity index (χ0n) is 11.3. The number of alkyl halides is 8. The van der Waals surface area contributed by atoms with Crippen LogP contribution >= 0.6 is 0 Å². The van der Waals surface area contributed by atoms with Crippen LogP contribution in [0.3, 0.4) is 0 Å². The van der Waals surface area contributed by atoms with E-state index in [-0.39, 0.29) is 13.8 Å². The van der Waals surface area contributed by atoms with Crippen LogP contribution in [-0.2, 0) is 20.0 Å². The molecule has 5 nitrogen and oxygen atoms in total. The molecule has 0 unspecified atom stereocenters. The SMILES string of the molecule is CC(F)(F)CC(F)(F)S(=O)(=O)[N-]S(=O)(=O)C(F)(F)CC(C)(F)F. The smallest absolute Gasteiger partial charge is 0.335 e. The Morgan fingerprint density at radius 1 is 0.652 bits per heavy atom. The fraction of sp³-hybridized carbons (Fsp3) is 1.00. The maximum atomic E-state index is 13.1. The number of hydrogen-bond acceptors (Lipinski definition) is 4. The predicted octanol–water partition coefficient (Wildman–Crippen LogP) is 3.30. The summed E-state index contributed by atoms with van der Waals surface area (Å²) >= 11 is 0. The lowest BCUT2D eigenvalue weighted by Crippen LogP contribution is -2.39. The Morgan fingerprint density at radius 3 is 1.04 bits per heavy atom. The maximum Gasteiger partial charge on any atom is 0.335 e. The molecule has 23 heavy (non-hydrogen) atoms. The molecule has 0 aromatic rings. The molecule has 140 valence electrons. The molecule has 0 aliphatic heterocycles. The van der Waals surface area contributed by atoms with Crippen LogP contribution in [0.15, 0.2) is 0 Å². The Kier molecular flexibility index (Phi) is 5.80.